The average molecular weight is 728 g/mol. The Balaban J connectivity index is 2.08. The van der Waals surface area contributed by atoms with Crippen LogP contribution in [0.5, 0.6) is 0 Å². The molecule has 11 nitrogen and oxygen atoms in total. The Labute approximate surface area is 311 Å². The van der Waals surface area contributed by atoms with Gasteiger partial charge in [0.25, 0.3) is 0 Å². The van der Waals surface area contributed by atoms with Crippen molar-refractivity contribution >= 4 is 35.5 Å². The highest BCUT2D eigenvalue weighted by Crippen LogP contribution is 2.30. The first-order valence-electron chi connectivity index (χ1n) is 18.0. The average Bonchev–Trinajstić information content (AvgIpc) is 3.68. The van der Waals surface area contributed by atoms with E-state index < -0.39 is 17.5 Å². The molecule has 0 unspecified atom stereocenters. The van der Waals surface area contributed by atoms with Gasteiger partial charge in [-0.25, -0.2) is 4.79 Å². The van der Waals surface area contributed by atoms with Gasteiger partial charge in [-0.15, -0.1) is 0 Å². The second-order valence-electron chi connectivity index (χ2n) is 14.1. The molecular weight excluding hydrogens is 674 g/mol. The molecule has 3 N–H and O–H groups in total. The summed E-state index contributed by atoms with van der Waals surface area (Å²) in [6, 6.07) is 9.86. The lowest BCUT2D eigenvalue weighted by atomic mass is 9.96. The smallest absolute Gasteiger partial charge is 0.355 e. The molecule has 3 aromatic heterocycles. The SMILES string of the molecule is CCOC(=O)CCc1c(C)c(=C(c2ccccc2)c2[nH]c(C(=O)OC(C)(C)C)c(CCOC(C)=O)c2C)[nH]c1=Cc1[nH]c(C)c(C)c1CCC(=O)OC. The molecule has 53 heavy (non-hydrogen) atoms. The van der Waals surface area contributed by atoms with Crippen LogP contribution in [0.4, 0.5) is 0 Å². The fraction of sp³-hybridized carbons (Fsp3) is 0.429. The first-order valence-corrected chi connectivity index (χ1v) is 18.0. The molecule has 0 bridgehead atoms. The fourth-order valence-electron chi connectivity index (χ4n) is 6.54. The number of rotatable bonds is 14. The van der Waals surface area contributed by atoms with Crippen LogP contribution in [0, 0.1) is 27.7 Å². The largest absolute Gasteiger partial charge is 0.469 e. The van der Waals surface area contributed by atoms with Gasteiger partial charge in [-0.05, 0) is 113 Å². The quantitative estimate of drug-likeness (QED) is 0.112. The maximum atomic E-state index is 13.7. The van der Waals surface area contributed by atoms with Gasteiger partial charge in [0.2, 0.25) is 0 Å². The van der Waals surface area contributed by atoms with Crippen molar-refractivity contribution in [3.63, 3.8) is 0 Å². The summed E-state index contributed by atoms with van der Waals surface area (Å²) in [6.07, 6.45) is 3.64. The normalized spacial score (nSPS) is 12.5. The number of carbonyl (C=O) groups is 4. The number of esters is 4. The van der Waals surface area contributed by atoms with E-state index in [1.807, 2.05) is 84.9 Å². The molecule has 0 radical (unpaired) electrons. The van der Waals surface area contributed by atoms with Gasteiger partial charge in [0.1, 0.15) is 11.3 Å². The number of carbonyl (C=O) groups excluding carboxylic acids is 4. The zero-order valence-corrected chi connectivity index (χ0v) is 32.7. The van der Waals surface area contributed by atoms with E-state index in [-0.39, 0.29) is 38.0 Å². The van der Waals surface area contributed by atoms with Crippen molar-refractivity contribution in [2.75, 3.05) is 20.3 Å². The summed E-state index contributed by atoms with van der Waals surface area (Å²) in [4.78, 5) is 60.8. The predicted octanol–water partition coefficient (Wildman–Crippen LogP) is 5.64. The highest BCUT2D eigenvalue weighted by molar-refractivity contribution is 5.92. The second-order valence-corrected chi connectivity index (χ2v) is 14.1. The van der Waals surface area contributed by atoms with Crippen LogP contribution in [0.2, 0.25) is 0 Å². The monoisotopic (exact) mass is 727 g/mol. The van der Waals surface area contributed by atoms with E-state index >= 15 is 0 Å². The molecule has 0 aliphatic heterocycles. The molecule has 0 saturated carbocycles. The molecule has 0 saturated heterocycles. The lowest BCUT2D eigenvalue weighted by Gasteiger charge is -2.19. The molecule has 4 aromatic rings. The van der Waals surface area contributed by atoms with Crippen molar-refractivity contribution in [2.45, 2.75) is 100 Å². The van der Waals surface area contributed by atoms with Gasteiger partial charge >= 0.3 is 23.9 Å². The maximum absolute atomic E-state index is 13.7. The predicted molar refractivity (Wildman–Crippen MR) is 203 cm³/mol. The van der Waals surface area contributed by atoms with E-state index in [1.165, 1.54) is 14.0 Å². The van der Waals surface area contributed by atoms with Gasteiger partial charge in [0.05, 0.1) is 31.4 Å². The number of ether oxygens (including phenoxy) is 4. The molecule has 284 valence electrons. The molecule has 0 atom stereocenters. The zero-order valence-electron chi connectivity index (χ0n) is 32.7. The molecular formula is C42H53N3O8. The van der Waals surface area contributed by atoms with E-state index in [2.05, 4.69) is 15.0 Å². The summed E-state index contributed by atoms with van der Waals surface area (Å²) in [7, 11) is 1.38. The summed E-state index contributed by atoms with van der Waals surface area (Å²) in [5.74, 6) is -1.50. The van der Waals surface area contributed by atoms with Gasteiger partial charge in [-0.1, -0.05) is 30.3 Å². The number of H-pyrrole nitrogens is 3. The number of aryl methyl sites for hydroxylation is 1. The first-order chi connectivity index (χ1) is 25.1. The minimum Gasteiger partial charge on any atom is -0.469 e. The van der Waals surface area contributed by atoms with Crippen LogP contribution in [-0.2, 0) is 52.6 Å². The summed E-state index contributed by atoms with van der Waals surface area (Å²) in [6.45, 7) is 16.9. The lowest BCUT2D eigenvalue weighted by molar-refractivity contribution is -0.143. The van der Waals surface area contributed by atoms with Crippen LogP contribution in [0.15, 0.2) is 30.3 Å². The van der Waals surface area contributed by atoms with Gasteiger partial charge in [0.15, 0.2) is 0 Å². The van der Waals surface area contributed by atoms with E-state index in [4.69, 9.17) is 18.9 Å². The van der Waals surface area contributed by atoms with E-state index in [1.54, 1.807) is 6.92 Å². The highest BCUT2D eigenvalue weighted by atomic mass is 16.6. The van der Waals surface area contributed by atoms with Crippen molar-refractivity contribution in [2.24, 2.45) is 0 Å². The molecule has 11 heteroatoms. The van der Waals surface area contributed by atoms with Crippen LogP contribution in [-0.4, -0.2) is 64.8 Å². The minimum absolute atomic E-state index is 0.0931. The molecule has 0 fully saturated rings. The molecule has 0 spiro atoms. The topological polar surface area (TPSA) is 153 Å². The van der Waals surface area contributed by atoms with Gasteiger partial charge < -0.3 is 33.9 Å². The van der Waals surface area contributed by atoms with Crippen LogP contribution in [0.3, 0.4) is 0 Å². The Bertz CT molecular complexity index is 2090. The Morgan fingerprint density at radius 2 is 1.42 bits per heavy atom. The van der Waals surface area contributed by atoms with Crippen LogP contribution in [0.25, 0.3) is 11.6 Å². The number of aromatic amines is 3. The molecule has 4 rings (SSSR count). The Kier molecular flexibility index (Phi) is 13.3. The van der Waals surface area contributed by atoms with Crippen molar-refractivity contribution in [1.82, 2.24) is 15.0 Å². The maximum Gasteiger partial charge on any atom is 0.355 e. The van der Waals surface area contributed by atoms with Crippen molar-refractivity contribution in [3.8, 4) is 0 Å². The number of aromatic nitrogens is 3. The van der Waals surface area contributed by atoms with Gasteiger partial charge in [0, 0.05) is 48.5 Å². The van der Waals surface area contributed by atoms with Crippen molar-refractivity contribution in [1.29, 1.82) is 0 Å². The lowest BCUT2D eigenvalue weighted by Crippen LogP contribution is -2.25. The van der Waals surface area contributed by atoms with Crippen LogP contribution >= 0.6 is 0 Å². The highest BCUT2D eigenvalue weighted by Gasteiger charge is 2.27. The van der Waals surface area contributed by atoms with Crippen molar-refractivity contribution in [3.05, 3.63) is 103 Å². The molecule has 1 aromatic carbocycles. The third-order valence-electron chi connectivity index (χ3n) is 9.26. The summed E-state index contributed by atoms with van der Waals surface area (Å²) in [5.41, 5.74) is 9.20. The Morgan fingerprint density at radius 1 is 0.755 bits per heavy atom. The van der Waals surface area contributed by atoms with Gasteiger partial charge in [-0.2, -0.15) is 0 Å². The second kappa shape index (κ2) is 17.5. The minimum atomic E-state index is -0.742. The Morgan fingerprint density at radius 3 is 2.04 bits per heavy atom. The van der Waals surface area contributed by atoms with Crippen molar-refractivity contribution < 1.29 is 38.1 Å². The fourth-order valence-corrected chi connectivity index (χ4v) is 6.54. The summed E-state index contributed by atoms with van der Waals surface area (Å²) < 4.78 is 21.4. The summed E-state index contributed by atoms with van der Waals surface area (Å²) in [5, 5.41) is 1.59. The molecule has 3 heterocycles. The molecule has 0 aliphatic carbocycles. The summed E-state index contributed by atoms with van der Waals surface area (Å²) >= 11 is 0. The van der Waals surface area contributed by atoms with E-state index in [9.17, 15) is 19.2 Å². The van der Waals surface area contributed by atoms with Gasteiger partial charge in [-0.3, -0.25) is 14.4 Å². The molecule has 0 amide bonds. The van der Waals surface area contributed by atoms with E-state index in [0.29, 0.717) is 36.2 Å². The standard InChI is InChI=1S/C42H53N3O8/c1-11-51-36(48)20-18-31-25(3)38(44-34(31)23-33-30(17-19-35(47)50-10)24(2)27(5)43-33)37(29-15-13-12-14-16-29)39-26(4)32(21-22-52-28(6)46)40(45-39)41(49)53-42(7,8)9/h12-16,23,43-45H,11,17-22H2,1-10H3. The Hall–Kier alpha value is -5.32. The number of methoxy groups -OCH3 is 1. The number of hydrogen-bond acceptors (Lipinski definition) is 8. The third kappa shape index (κ3) is 9.97. The number of hydrogen-bond donors (Lipinski definition) is 3. The third-order valence-corrected chi connectivity index (χ3v) is 9.26. The number of nitrogens with one attached hydrogen (secondary N) is 3. The van der Waals surface area contributed by atoms with Crippen LogP contribution in [0.1, 0.15) is 114 Å². The molecule has 0 aliphatic rings. The number of benzene rings is 1. The van der Waals surface area contributed by atoms with E-state index in [0.717, 1.165) is 61.0 Å². The first kappa shape index (κ1) is 40.5. The zero-order chi connectivity index (χ0) is 39.0. The van der Waals surface area contributed by atoms with Crippen LogP contribution < -0.4 is 10.7 Å².